The molecule has 0 spiro atoms. The number of rotatable bonds is 12. The molecule has 0 aliphatic carbocycles. The van der Waals surface area contributed by atoms with E-state index in [0.717, 1.165) is 11.3 Å². The van der Waals surface area contributed by atoms with E-state index in [2.05, 4.69) is 0 Å². The van der Waals surface area contributed by atoms with Crippen molar-refractivity contribution in [1.82, 2.24) is 0 Å². The van der Waals surface area contributed by atoms with Gasteiger partial charge in [0.15, 0.2) is 0 Å². The Morgan fingerprint density at radius 2 is 1.52 bits per heavy atom. The number of hydrogen-bond donors (Lipinski definition) is 0. The molecule has 2 aromatic rings. The van der Waals surface area contributed by atoms with E-state index in [4.69, 9.17) is 18.4 Å². The fourth-order valence-electron chi connectivity index (χ4n) is 1.85. The Bertz CT molecular complexity index is 695. The molecule has 8 heteroatoms. The molecule has 1 aromatic heterocycles. The fraction of sp³-hybridized carbons (Fsp3) is 0.412. The third-order valence-electron chi connectivity index (χ3n) is 3.14. The Balaban J connectivity index is 1.48. The van der Waals surface area contributed by atoms with Crippen LogP contribution in [-0.2, 0) is 23.8 Å². The van der Waals surface area contributed by atoms with Gasteiger partial charge >= 0.3 is 0 Å². The molecule has 2 rings (SSSR count). The summed E-state index contributed by atoms with van der Waals surface area (Å²) in [5.41, 5.74) is 0.989. The molecule has 0 saturated heterocycles. The lowest BCUT2D eigenvalue weighted by Crippen LogP contribution is -2.14. The fourth-order valence-corrected chi connectivity index (χ4v) is 3.32. The van der Waals surface area contributed by atoms with Gasteiger partial charge in [-0.3, -0.25) is 4.18 Å². The Morgan fingerprint density at radius 1 is 0.880 bits per heavy atom. The van der Waals surface area contributed by atoms with E-state index in [1.807, 2.05) is 23.8 Å². The highest BCUT2D eigenvalue weighted by Crippen LogP contribution is 2.14. The summed E-state index contributed by atoms with van der Waals surface area (Å²) in [6, 6.07) is 8.41. The molecule has 0 amide bonds. The molecule has 0 aliphatic heterocycles. The Morgan fingerprint density at radius 3 is 2.16 bits per heavy atom. The largest absolute Gasteiger partial charge is 0.490 e. The summed E-state index contributed by atoms with van der Waals surface area (Å²) in [4.78, 5) is 0.145. The number of thiophene rings is 1. The van der Waals surface area contributed by atoms with E-state index in [0.29, 0.717) is 26.4 Å². The number of benzene rings is 1. The Labute approximate surface area is 152 Å². The summed E-state index contributed by atoms with van der Waals surface area (Å²) >= 11 is 1.58. The second-order valence-corrected chi connectivity index (χ2v) is 7.52. The monoisotopic (exact) mass is 386 g/mol. The van der Waals surface area contributed by atoms with Crippen molar-refractivity contribution in [3.63, 3.8) is 0 Å². The molecular formula is C17H22O6S2. The van der Waals surface area contributed by atoms with Crippen LogP contribution >= 0.6 is 11.3 Å². The minimum atomic E-state index is -3.73. The van der Waals surface area contributed by atoms with Crippen molar-refractivity contribution in [1.29, 1.82) is 0 Å². The molecule has 0 aliphatic rings. The summed E-state index contributed by atoms with van der Waals surface area (Å²) in [6.07, 6.45) is 0. The molecule has 6 nitrogen and oxygen atoms in total. The molecule has 0 fully saturated rings. The van der Waals surface area contributed by atoms with Gasteiger partial charge in [0, 0.05) is 5.38 Å². The zero-order valence-corrected chi connectivity index (χ0v) is 15.7. The normalized spacial score (nSPS) is 11.6. The van der Waals surface area contributed by atoms with E-state index >= 15 is 0 Å². The van der Waals surface area contributed by atoms with Gasteiger partial charge in [0.1, 0.15) is 12.4 Å². The Hall–Kier alpha value is -1.45. The predicted octanol–water partition coefficient (Wildman–Crippen LogP) is 2.87. The lowest BCUT2D eigenvalue weighted by Gasteiger charge is -2.08. The topological polar surface area (TPSA) is 71.1 Å². The molecule has 0 N–H and O–H groups in total. The van der Waals surface area contributed by atoms with Crippen LogP contribution in [0.15, 0.2) is 46.0 Å². The van der Waals surface area contributed by atoms with Gasteiger partial charge in [-0.05, 0) is 30.5 Å². The zero-order chi connectivity index (χ0) is 18.0. The van der Waals surface area contributed by atoms with Crippen LogP contribution in [-0.4, -0.2) is 48.1 Å². The molecule has 0 unspecified atom stereocenters. The van der Waals surface area contributed by atoms with Gasteiger partial charge in [-0.1, -0.05) is 17.7 Å². The lowest BCUT2D eigenvalue weighted by molar-refractivity contribution is 0.0280. The SMILES string of the molecule is Cc1ccc(S(=O)(=O)OCCOCCOCCOc2ccsc2)cc1. The second-order valence-electron chi connectivity index (χ2n) is 5.12. The molecule has 138 valence electrons. The number of aryl methyl sites for hydroxylation is 1. The van der Waals surface area contributed by atoms with Crippen LogP contribution in [0.25, 0.3) is 0 Å². The quantitative estimate of drug-likeness (QED) is 0.413. The number of hydrogen-bond acceptors (Lipinski definition) is 7. The highest BCUT2D eigenvalue weighted by atomic mass is 32.2. The molecule has 0 radical (unpaired) electrons. The van der Waals surface area contributed by atoms with E-state index < -0.39 is 10.1 Å². The summed E-state index contributed by atoms with van der Waals surface area (Å²) in [6.45, 7) is 3.77. The molecule has 0 atom stereocenters. The maximum Gasteiger partial charge on any atom is 0.297 e. The standard InChI is InChI=1S/C17H22O6S2/c1-15-2-4-17(5-3-15)25(18,19)23-12-10-21-8-7-20-9-11-22-16-6-13-24-14-16/h2-6,13-14H,7-12H2,1H3. The highest BCUT2D eigenvalue weighted by Gasteiger charge is 2.14. The average Bonchev–Trinajstić information content (AvgIpc) is 3.10. The van der Waals surface area contributed by atoms with Gasteiger partial charge in [-0.25, -0.2) is 0 Å². The summed E-state index contributed by atoms with van der Waals surface area (Å²) in [5, 5.41) is 3.87. The van der Waals surface area contributed by atoms with Crippen molar-refractivity contribution in [2.75, 3.05) is 39.6 Å². The smallest absolute Gasteiger partial charge is 0.297 e. The van der Waals surface area contributed by atoms with Gasteiger partial charge in [-0.15, -0.1) is 11.3 Å². The van der Waals surface area contributed by atoms with Crippen molar-refractivity contribution in [3.8, 4) is 5.75 Å². The minimum Gasteiger partial charge on any atom is -0.490 e. The van der Waals surface area contributed by atoms with Crippen LogP contribution in [0.1, 0.15) is 5.56 Å². The number of ether oxygens (including phenoxy) is 3. The van der Waals surface area contributed by atoms with Gasteiger partial charge in [0.2, 0.25) is 0 Å². The lowest BCUT2D eigenvalue weighted by atomic mass is 10.2. The first-order chi connectivity index (χ1) is 12.1. The van der Waals surface area contributed by atoms with Gasteiger partial charge < -0.3 is 14.2 Å². The maximum absolute atomic E-state index is 11.9. The first-order valence-electron chi connectivity index (χ1n) is 7.84. The molecule has 0 saturated carbocycles. The van der Waals surface area contributed by atoms with Gasteiger partial charge in [0.25, 0.3) is 10.1 Å². The average molecular weight is 386 g/mol. The highest BCUT2D eigenvalue weighted by molar-refractivity contribution is 7.86. The van der Waals surface area contributed by atoms with Crippen molar-refractivity contribution in [2.45, 2.75) is 11.8 Å². The Kier molecular flexibility index (Phi) is 8.36. The molecule has 25 heavy (non-hydrogen) atoms. The first kappa shape index (κ1) is 19.9. The van der Waals surface area contributed by atoms with E-state index in [1.54, 1.807) is 23.5 Å². The van der Waals surface area contributed by atoms with Crippen LogP contribution in [0.2, 0.25) is 0 Å². The third kappa shape index (κ3) is 7.54. The van der Waals surface area contributed by atoms with Gasteiger partial charge in [0.05, 0.1) is 37.9 Å². The van der Waals surface area contributed by atoms with Crippen molar-refractivity contribution in [3.05, 3.63) is 46.7 Å². The third-order valence-corrected chi connectivity index (χ3v) is 5.13. The molecular weight excluding hydrogens is 364 g/mol. The van der Waals surface area contributed by atoms with Crippen LogP contribution in [0.3, 0.4) is 0 Å². The van der Waals surface area contributed by atoms with E-state index in [1.165, 1.54) is 12.1 Å². The zero-order valence-electron chi connectivity index (χ0n) is 14.1. The first-order valence-corrected chi connectivity index (χ1v) is 10.2. The van der Waals surface area contributed by atoms with Crippen LogP contribution < -0.4 is 4.74 Å². The van der Waals surface area contributed by atoms with Crippen LogP contribution in [0, 0.1) is 6.92 Å². The maximum atomic E-state index is 11.9. The van der Waals surface area contributed by atoms with E-state index in [9.17, 15) is 8.42 Å². The van der Waals surface area contributed by atoms with Crippen LogP contribution in [0.5, 0.6) is 5.75 Å². The van der Waals surface area contributed by atoms with Crippen molar-refractivity contribution < 1.29 is 26.8 Å². The van der Waals surface area contributed by atoms with Crippen LogP contribution in [0.4, 0.5) is 0 Å². The second kappa shape index (κ2) is 10.5. The van der Waals surface area contributed by atoms with Crippen molar-refractivity contribution in [2.24, 2.45) is 0 Å². The predicted molar refractivity (Wildman–Crippen MR) is 95.8 cm³/mol. The summed E-state index contributed by atoms with van der Waals surface area (Å²) in [5.74, 6) is 0.844. The minimum absolute atomic E-state index is 0.0303. The summed E-state index contributed by atoms with van der Waals surface area (Å²) in [7, 11) is -3.73. The summed E-state index contributed by atoms with van der Waals surface area (Å²) < 4.78 is 44.9. The molecule has 1 aromatic carbocycles. The van der Waals surface area contributed by atoms with Crippen molar-refractivity contribution >= 4 is 21.5 Å². The van der Waals surface area contributed by atoms with Gasteiger partial charge in [-0.2, -0.15) is 8.42 Å². The molecule has 0 bridgehead atoms. The molecule has 1 heterocycles. The van der Waals surface area contributed by atoms with E-state index in [-0.39, 0.29) is 18.1 Å².